The third-order valence-electron chi connectivity index (χ3n) is 2.82. The van der Waals surface area contributed by atoms with E-state index in [9.17, 15) is 5.11 Å². The molecule has 2 atom stereocenters. The van der Waals surface area contributed by atoms with Crippen LogP contribution in [-0.4, -0.2) is 36.8 Å². The van der Waals surface area contributed by atoms with Crippen molar-refractivity contribution in [1.29, 1.82) is 0 Å². The monoisotopic (exact) mass is 183 g/mol. The van der Waals surface area contributed by atoms with Crippen LogP contribution in [0.25, 0.3) is 0 Å². The largest absolute Gasteiger partial charge is 0.393 e. The van der Waals surface area contributed by atoms with E-state index < -0.39 is 0 Å². The average molecular weight is 183 g/mol. The van der Waals surface area contributed by atoms with E-state index in [0.717, 1.165) is 44.9 Å². The van der Waals surface area contributed by atoms with E-state index in [4.69, 9.17) is 0 Å². The third kappa shape index (κ3) is 2.12. The maximum Gasteiger partial charge on any atom is 0.191 e. The molecule has 0 amide bonds. The first-order valence-corrected chi connectivity index (χ1v) is 5.06. The van der Waals surface area contributed by atoms with E-state index in [1.807, 2.05) is 0 Å². The van der Waals surface area contributed by atoms with Crippen molar-refractivity contribution in [3.63, 3.8) is 0 Å². The van der Waals surface area contributed by atoms with Gasteiger partial charge in [-0.25, -0.2) is 0 Å². The summed E-state index contributed by atoms with van der Waals surface area (Å²) < 4.78 is 0. The Balaban J connectivity index is 1.72. The molecule has 0 aromatic heterocycles. The van der Waals surface area contributed by atoms with Crippen LogP contribution in [0, 0.1) is 5.92 Å². The molecule has 0 aromatic carbocycles. The first-order valence-electron chi connectivity index (χ1n) is 5.06. The van der Waals surface area contributed by atoms with Crippen LogP contribution in [0.3, 0.4) is 0 Å². The van der Waals surface area contributed by atoms with Crippen LogP contribution in [0.15, 0.2) is 4.99 Å². The summed E-state index contributed by atoms with van der Waals surface area (Å²) in [6.07, 6.45) is 3.16. The van der Waals surface area contributed by atoms with E-state index in [0.29, 0.717) is 5.92 Å². The van der Waals surface area contributed by atoms with Crippen LogP contribution < -0.4 is 10.6 Å². The highest BCUT2D eigenvalue weighted by Gasteiger charge is 2.25. The molecule has 4 nitrogen and oxygen atoms in total. The van der Waals surface area contributed by atoms with Crippen molar-refractivity contribution < 1.29 is 5.11 Å². The number of nitrogens with one attached hydrogen (secondary N) is 2. The lowest BCUT2D eigenvalue weighted by Crippen LogP contribution is -2.38. The molecule has 2 rings (SSSR count). The van der Waals surface area contributed by atoms with Gasteiger partial charge in [-0.05, 0) is 12.8 Å². The molecule has 1 fully saturated rings. The minimum absolute atomic E-state index is 0.102. The zero-order chi connectivity index (χ0) is 9.10. The van der Waals surface area contributed by atoms with E-state index >= 15 is 0 Å². The molecule has 0 spiro atoms. The van der Waals surface area contributed by atoms with Crippen molar-refractivity contribution in [2.24, 2.45) is 10.9 Å². The Kier molecular flexibility index (Phi) is 2.68. The molecule has 2 aliphatic rings. The van der Waals surface area contributed by atoms with Crippen molar-refractivity contribution in [2.75, 3.05) is 19.6 Å². The zero-order valence-electron chi connectivity index (χ0n) is 7.79. The fraction of sp³-hybridized carbons (Fsp3) is 0.889. The first-order chi connectivity index (χ1) is 6.36. The quantitative estimate of drug-likeness (QED) is 0.551. The van der Waals surface area contributed by atoms with Gasteiger partial charge in [-0.15, -0.1) is 0 Å². The number of nitrogens with zero attached hydrogens (tertiary/aromatic N) is 1. The van der Waals surface area contributed by atoms with Crippen molar-refractivity contribution in [3.8, 4) is 0 Å². The minimum atomic E-state index is -0.102. The molecule has 1 saturated carbocycles. The Bertz CT molecular complexity index is 205. The lowest BCUT2D eigenvalue weighted by atomic mass is 10.1. The van der Waals surface area contributed by atoms with Gasteiger partial charge in [-0.1, -0.05) is 6.42 Å². The van der Waals surface area contributed by atoms with Gasteiger partial charge in [0.1, 0.15) is 0 Å². The second-order valence-electron chi connectivity index (χ2n) is 3.80. The molecule has 1 aliphatic heterocycles. The van der Waals surface area contributed by atoms with Crippen LogP contribution >= 0.6 is 0 Å². The number of hydrogen-bond acceptors (Lipinski definition) is 4. The van der Waals surface area contributed by atoms with Crippen LogP contribution in [0.5, 0.6) is 0 Å². The normalized spacial score (nSPS) is 32.8. The molecule has 13 heavy (non-hydrogen) atoms. The summed E-state index contributed by atoms with van der Waals surface area (Å²) in [7, 11) is 0. The summed E-state index contributed by atoms with van der Waals surface area (Å²) in [5, 5.41) is 15.9. The Hall–Kier alpha value is -0.770. The van der Waals surface area contributed by atoms with E-state index in [1.54, 1.807) is 0 Å². The summed E-state index contributed by atoms with van der Waals surface area (Å²) in [5.74, 6) is 1.32. The Morgan fingerprint density at radius 1 is 1.54 bits per heavy atom. The predicted molar refractivity (Wildman–Crippen MR) is 51.7 cm³/mol. The van der Waals surface area contributed by atoms with E-state index in [1.165, 1.54) is 0 Å². The van der Waals surface area contributed by atoms with Crippen molar-refractivity contribution in [1.82, 2.24) is 10.6 Å². The van der Waals surface area contributed by atoms with E-state index in [2.05, 4.69) is 15.6 Å². The second-order valence-corrected chi connectivity index (χ2v) is 3.80. The van der Waals surface area contributed by atoms with Crippen LogP contribution in [-0.2, 0) is 0 Å². The van der Waals surface area contributed by atoms with Gasteiger partial charge in [-0.2, -0.15) is 0 Å². The Morgan fingerprint density at radius 3 is 3.08 bits per heavy atom. The number of aliphatic hydroxyl groups excluding tert-OH is 1. The lowest BCUT2D eigenvalue weighted by molar-refractivity contribution is 0.134. The van der Waals surface area contributed by atoms with Gasteiger partial charge in [-0.3, -0.25) is 4.99 Å². The zero-order valence-corrected chi connectivity index (χ0v) is 7.79. The number of aliphatic imine (C=N–C) groups is 1. The first kappa shape index (κ1) is 8.81. The molecule has 3 N–H and O–H groups in total. The molecule has 2 unspecified atom stereocenters. The van der Waals surface area contributed by atoms with Crippen LogP contribution in [0.2, 0.25) is 0 Å². The molecular weight excluding hydrogens is 166 g/mol. The highest BCUT2D eigenvalue weighted by atomic mass is 16.3. The highest BCUT2D eigenvalue weighted by molar-refractivity contribution is 5.81. The second kappa shape index (κ2) is 3.96. The number of rotatable bonds is 2. The van der Waals surface area contributed by atoms with Gasteiger partial charge in [0.2, 0.25) is 0 Å². The number of aliphatic hydroxyl groups is 1. The third-order valence-corrected chi connectivity index (χ3v) is 2.82. The molecule has 0 saturated heterocycles. The molecule has 1 heterocycles. The fourth-order valence-corrected chi connectivity index (χ4v) is 2.00. The molecule has 4 heteroatoms. The summed E-state index contributed by atoms with van der Waals surface area (Å²) in [6, 6.07) is 0. The standard InChI is InChI=1S/C9H17N3O/c13-8-3-1-2-7(8)6-12-9-10-4-5-11-9/h7-8,13H,1-6H2,(H2,10,11,12). The maximum absolute atomic E-state index is 9.56. The number of hydrogen-bond donors (Lipinski definition) is 3. The highest BCUT2D eigenvalue weighted by Crippen LogP contribution is 2.24. The smallest absolute Gasteiger partial charge is 0.191 e. The van der Waals surface area contributed by atoms with Gasteiger partial charge in [0.15, 0.2) is 5.96 Å². The van der Waals surface area contributed by atoms with Gasteiger partial charge in [0.05, 0.1) is 12.6 Å². The summed E-state index contributed by atoms with van der Waals surface area (Å²) in [5.41, 5.74) is 0. The molecule has 74 valence electrons. The molecular formula is C9H17N3O. The summed E-state index contributed by atoms with van der Waals surface area (Å²) in [4.78, 5) is 4.23. The SMILES string of the molecule is OC1CCCC1CNC1=NCCN1. The van der Waals surface area contributed by atoms with Gasteiger partial charge < -0.3 is 15.7 Å². The van der Waals surface area contributed by atoms with Crippen LogP contribution in [0.1, 0.15) is 19.3 Å². The molecule has 0 radical (unpaired) electrons. The summed E-state index contributed by atoms with van der Waals surface area (Å²) in [6.45, 7) is 2.66. The fourth-order valence-electron chi connectivity index (χ4n) is 2.00. The minimum Gasteiger partial charge on any atom is -0.393 e. The Labute approximate surface area is 78.4 Å². The van der Waals surface area contributed by atoms with Gasteiger partial charge in [0, 0.05) is 19.0 Å². The Morgan fingerprint density at radius 2 is 2.46 bits per heavy atom. The van der Waals surface area contributed by atoms with E-state index in [-0.39, 0.29) is 6.10 Å². The predicted octanol–water partition coefficient (Wildman–Crippen LogP) is -0.304. The topological polar surface area (TPSA) is 56.6 Å². The van der Waals surface area contributed by atoms with Gasteiger partial charge >= 0.3 is 0 Å². The van der Waals surface area contributed by atoms with Gasteiger partial charge in [0.25, 0.3) is 0 Å². The summed E-state index contributed by atoms with van der Waals surface area (Å²) >= 11 is 0. The van der Waals surface area contributed by atoms with Crippen molar-refractivity contribution in [3.05, 3.63) is 0 Å². The van der Waals surface area contributed by atoms with Crippen molar-refractivity contribution in [2.45, 2.75) is 25.4 Å². The lowest BCUT2D eigenvalue weighted by Gasteiger charge is -2.15. The molecule has 0 bridgehead atoms. The maximum atomic E-state index is 9.56. The van der Waals surface area contributed by atoms with Crippen LogP contribution in [0.4, 0.5) is 0 Å². The average Bonchev–Trinajstić information content (AvgIpc) is 2.72. The molecule has 0 aromatic rings. The number of guanidine groups is 1. The van der Waals surface area contributed by atoms with Crippen molar-refractivity contribution >= 4 is 5.96 Å². The molecule has 1 aliphatic carbocycles.